The standard InChI is InChI=1S/C16H11BrClN3OS/c1-9-20-14(8-23-9)10-2-4-12(5-3-10)21-16(22)13-6-11(17)7-19-15(13)18/h2-8H,1H3,(H,21,22). The van der Waals surface area contributed by atoms with Crippen molar-refractivity contribution < 1.29 is 4.79 Å². The minimum absolute atomic E-state index is 0.167. The third kappa shape index (κ3) is 3.77. The maximum Gasteiger partial charge on any atom is 0.258 e. The van der Waals surface area contributed by atoms with Crippen LogP contribution >= 0.6 is 38.9 Å². The van der Waals surface area contributed by atoms with Crippen LogP contribution in [0.4, 0.5) is 5.69 Å². The Morgan fingerprint density at radius 1 is 1.30 bits per heavy atom. The zero-order valence-electron chi connectivity index (χ0n) is 12.0. The second kappa shape index (κ2) is 6.78. The van der Waals surface area contributed by atoms with Crippen molar-refractivity contribution in [2.75, 3.05) is 5.32 Å². The Kier molecular flexibility index (Phi) is 4.75. The van der Waals surface area contributed by atoms with Gasteiger partial charge in [0.2, 0.25) is 0 Å². The summed E-state index contributed by atoms with van der Waals surface area (Å²) in [7, 11) is 0. The maximum absolute atomic E-state index is 12.3. The van der Waals surface area contributed by atoms with Crippen molar-refractivity contribution in [1.29, 1.82) is 0 Å². The van der Waals surface area contributed by atoms with E-state index >= 15 is 0 Å². The lowest BCUT2D eigenvalue weighted by Gasteiger charge is -2.07. The van der Waals surface area contributed by atoms with Gasteiger partial charge in [0.25, 0.3) is 5.91 Å². The van der Waals surface area contributed by atoms with Crippen LogP contribution in [-0.4, -0.2) is 15.9 Å². The highest BCUT2D eigenvalue weighted by molar-refractivity contribution is 9.10. The summed E-state index contributed by atoms with van der Waals surface area (Å²) >= 11 is 10.9. The molecule has 1 amide bonds. The average Bonchev–Trinajstić information content (AvgIpc) is 2.97. The van der Waals surface area contributed by atoms with Crippen LogP contribution in [0.25, 0.3) is 11.3 Å². The third-order valence-corrected chi connectivity index (χ3v) is 4.62. The van der Waals surface area contributed by atoms with E-state index in [0.717, 1.165) is 16.3 Å². The summed E-state index contributed by atoms with van der Waals surface area (Å²) in [5.41, 5.74) is 2.95. The van der Waals surface area contributed by atoms with Crippen molar-refractivity contribution in [1.82, 2.24) is 9.97 Å². The monoisotopic (exact) mass is 407 g/mol. The first-order valence-electron chi connectivity index (χ1n) is 6.68. The van der Waals surface area contributed by atoms with Crippen LogP contribution in [0.15, 0.2) is 46.4 Å². The molecule has 0 radical (unpaired) electrons. The summed E-state index contributed by atoms with van der Waals surface area (Å²) in [6.45, 7) is 1.97. The van der Waals surface area contributed by atoms with E-state index in [1.54, 1.807) is 23.6 Å². The van der Waals surface area contributed by atoms with E-state index in [1.165, 1.54) is 0 Å². The number of benzene rings is 1. The molecule has 0 aliphatic rings. The van der Waals surface area contributed by atoms with Gasteiger partial charge in [-0.15, -0.1) is 11.3 Å². The summed E-state index contributed by atoms with van der Waals surface area (Å²) in [5.74, 6) is -0.305. The molecule has 0 bridgehead atoms. The summed E-state index contributed by atoms with van der Waals surface area (Å²) in [6, 6.07) is 9.15. The number of nitrogens with one attached hydrogen (secondary N) is 1. The van der Waals surface area contributed by atoms with Crippen molar-refractivity contribution in [3.63, 3.8) is 0 Å². The van der Waals surface area contributed by atoms with Gasteiger partial charge in [-0.1, -0.05) is 23.7 Å². The Morgan fingerprint density at radius 3 is 2.70 bits per heavy atom. The predicted octanol–water partition coefficient (Wildman–Crippen LogP) is 5.18. The van der Waals surface area contributed by atoms with Crippen molar-refractivity contribution in [3.05, 3.63) is 62.1 Å². The number of pyridine rings is 1. The van der Waals surface area contributed by atoms with E-state index in [2.05, 4.69) is 31.2 Å². The molecule has 2 aromatic heterocycles. The molecule has 0 saturated carbocycles. The quantitative estimate of drug-likeness (QED) is 0.607. The number of amides is 1. The fourth-order valence-corrected chi connectivity index (χ4v) is 3.14. The number of anilines is 1. The number of aryl methyl sites for hydroxylation is 1. The van der Waals surface area contributed by atoms with Gasteiger partial charge in [0.15, 0.2) is 0 Å². The Bertz CT molecular complexity index is 864. The number of nitrogens with zero attached hydrogens (tertiary/aromatic N) is 2. The number of halogens is 2. The van der Waals surface area contributed by atoms with Crippen LogP contribution < -0.4 is 5.32 Å². The zero-order valence-corrected chi connectivity index (χ0v) is 15.2. The highest BCUT2D eigenvalue weighted by Crippen LogP contribution is 2.24. The van der Waals surface area contributed by atoms with E-state index < -0.39 is 0 Å². The first kappa shape index (κ1) is 16.1. The Morgan fingerprint density at radius 2 is 2.04 bits per heavy atom. The van der Waals surface area contributed by atoms with Gasteiger partial charge in [-0.2, -0.15) is 0 Å². The Balaban J connectivity index is 1.78. The van der Waals surface area contributed by atoms with Gasteiger partial charge in [0.05, 0.1) is 16.3 Å². The van der Waals surface area contributed by atoms with Gasteiger partial charge in [0.1, 0.15) is 5.15 Å². The van der Waals surface area contributed by atoms with E-state index in [9.17, 15) is 4.79 Å². The molecule has 0 aliphatic heterocycles. The lowest BCUT2D eigenvalue weighted by atomic mass is 10.1. The summed E-state index contributed by atoms with van der Waals surface area (Å²) < 4.78 is 0.696. The van der Waals surface area contributed by atoms with Gasteiger partial charge in [-0.05, 0) is 41.1 Å². The molecule has 0 aliphatic carbocycles. The second-order valence-electron chi connectivity index (χ2n) is 4.78. The first-order chi connectivity index (χ1) is 11.0. The third-order valence-electron chi connectivity index (χ3n) is 3.11. The van der Waals surface area contributed by atoms with Crippen LogP contribution in [0.1, 0.15) is 15.4 Å². The number of hydrogen-bond donors (Lipinski definition) is 1. The fraction of sp³-hybridized carbons (Fsp3) is 0.0625. The highest BCUT2D eigenvalue weighted by Gasteiger charge is 2.12. The molecule has 116 valence electrons. The molecule has 2 heterocycles. The zero-order chi connectivity index (χ0) is 16.4. The molecule has 3 rings (SSSR count). The van der Waals surface area contributed by atoms with E-state index in [4.69, 9.17) is 11.6 Å². The molecule has 0 saturated heterocycles. The molecule has 7 heteroatoms. The van der Waals surface area contributed by atoms with Gasteiger partial charge < -0.3 is 5.32 Å². The second-order valence-corrected chi connectivity index (χ2v) is 7.11. The predicted molar refractivity (Wildman–Crippen MR) is 97.2 cm³/mol. The van der Waals surface area contributed by atoms with Crippen LogP contribution in [0.5, 0.6) is 0 Å². The number of hydrogen-bond acceptors (Lipinski definition) is 4. The van der Waals surface area contributed by atoms with Crippen LogP contribution in [0.2, 0.25) is 5.15 Å². The van der Waals surface area contributed by atoms with Gasteiger partial charge in [-0.25, -0.2) is 9.97 Å². The number of carbonyl (C=O) groups is 1. The summed E-state index contributed by atoms with van der Waals surface area (Å²) in [6.07, 6.45) is 1.55. The summed E-state index contributed by atoms with van der Waals surface area (Å²) in [5, 5.41) is 6.01. The maximum atomic E-state index is 12.3. The fourth-order valence-electron chi connectivity index (χ4n) is 2.00. The molecular weight excluding hydrogens is 398 g/mol. The lowest BCUT2D eigenvalue weighted by molar-refractivity contribution is 0.102. The highest BCUT2D eigenvalue weighted by atomic mass is 79.9. The molecule has 0 spiro atoms. The minimum atomic E-state index is -0.305. The normalized spacial score (nSPS) is 10.6. The number of aromatic nitrogens is 2. The average molecular weight is 409 g/mol. The molecule has 0 fully saturated rings. The molecular formula is C16H11BrClN3OS. The van der Waals surface area contributed by atoms with Gasteiger partial charge in [-0.3, -0.25) is 4.79 Å². The molecule has 0 unspecified atom stereocenters. The van der Waals surface area contributed by atoms with Crippen LogP contribution in [-0.2, 0) is 0 Å². The van der Waals surface area contributed by atoms with Crippen molar-refractivity contribution in [2.24, 2.45) is 0 Å². The Hall–Kier alpha value is -1.76. The van der Waals surface area contributed by atoms with Crippen LogP contribution in [0, 0.1) is 6.92 Å². The van der Waals surface area contributed by atoms with Gasteiger partial charge >= 0.3 is 0 Å². The SMILES string of the molecule is Cc1nc(-c2ccc(NC(=O)c3cc(Br)cnc3Cl)cc2)cs1. The van der Waals surface area contributed by atoms with Crippen molar-refractivity contribution >= 4 is 50.5 Å². The van der Waals surface area contributed by atoms with E-state index in [1.807, 2.05) is 36.6 Å². The number of carbonyl (C=O) groups excluding carboxylic acids is 1. The molecule has 3 aromatic rings. The topological polar surface area (TPSA) is 54.9 Å². The molecule has 1 aromatic carbocycles. The number of thiazole rings is 1. The summed E-state index contributed by atoms with van der Waals surface area (Å²) in [4.78, 5) is 20.7. The molecule has 4 nitrogen and oxygen atoms in total. The molecule has 0 atom stereocenters. The van der Waals surface area contributed by atoms with Crippen LogP contribution in [0.3, 0.4) is 0 Å². The lowest BCUT2D eigenvalue weighted by Crippen LogP contribution is -2.13. The number of rotatable bonds is 3. The molecule has 23 heavy (non-hydrogen) atoms. The van der Waals surface area contributed by atoms with Gasteiger partial charge in [0, 0.05) is 27.3 Å². The minimum Gasteiger partial charge on any atom is -0.322 e. The first-order valence-corrected chi connectivity index (χ1v) is 8.73. The Labute approximate surface area is 150 Å². The van der Waals surface area contributed by atoms with Crippen molar-refractivity contribution in [3.8, 4) is 11.3 Å². The van der Waals surface area contributed by atoms with Crippen molar-refractivity contribution in [2.45, 2.75) is 6.92 Å². The van der Waals surface area contributed by atoms with E-state index in [0.29, 0.717) is 15.7 Å². The largest absolute Gasteiger partial charge is 0.322 e. The smallest absolute Gasteiger partial charge is 0.258 e. The molecule has 1 N–H and O–H groups in total. The van der Waals surface area contributed by atoms with E-state index in [-0.39, 0.29) is 11.1 Å².